The van der Waals surface area contributed by atoms with Crippen molar-refractivity contribution >= 4 is 22.5 Å². The average Bonchev–Trinajstić information content (AvgIpc) is 3.59. The zero-order valence-electron chi connectivity index (χ0n) is 27.3. The number of aromatic nitrogens is 3. The Labute approximate surface area is 275 Å². The Morgan fingerprint density at radius 3 is 2.39 bits per heavy atom. The van der Waals surface area contributed by atoms with Gasteiger partial charge in [0, 0.05) is 52.7 Å². The molecule has 4 saturated carbocycles. The van der Waals surface area contributed by atoms with Crippen LogP contribution in [0.4, 0.5) is 5.82 Å². The molecule has 0 radical (unpaired) electrons. The number of benzene rings is 1. The van der Waals surface area contributed by atoms with E-state index in [-0.39, 0.29) is 34.8 Å². The number of aryl methyl sites for hydroxylation is 1. The first kappa shape index (κ1) is 31.6. The molecular weight excluding hydrogens is 596 g/mol. The van der Waals surface area contributed by atoms with Crippen molar-refractivity contribution in [1.29, 1.82) is 0 Å². The molecule has 8 rings (SSSR count). The Hall–Kier alpha value is -3.04. The summed E-state index contributed by atoms with van der Waals surface area (Å²) < 4.78 is 19.5. The Bertz CT molecular complexity index is 1560. The van der Waals surface area contributed by atoms with Crippen LogP contribution in [0, 0.1) is 18.3 Å². The number of anilines is 1. The van der Waals surface area contributed by atoms with E-state index in [1.54, 1.807) is 7.11 Å². The first-order chi connectivity index (χ1) is 22.3. The van der Waals surface area contributed by atoms with Crippen molar-refractivity contribution < 1.29 is 18.8 Å². The van der Waals surface area contributed by atoms with E-state index in [9.17, 15) is 14.1 Å². The Balaban J connectivity index is 1.13. The smallest absolute Gasteiger partial charge is 0.231 e. The third-order valence-corrected chi connectivity index (χ3v) is 13.3. The SMILES string of the molecule is COc1ccc(C23CCC(CN(C(=O)C4CCC(O)CC4)c4cc(-c5cnn(C6CCS(=O)CC6)c5)ccn4)(CC2)CC3)cc1C. The molecule has 8 nitrogen and oxygen atoms in total. The second-order valence-corrected chi connectivity index (χ2v) is 16.3. The Morgan fingerprint density at radius 1 is 1.00 bits per heavy atom. The topological polar surface area (TPSA) is 97.5 Å². The summed E-state index contributed by atoms with van der Waals surface area (Å²) in [5.41, 5.74) is 4.93. The number of ether oxygens (including phenoxy) is 1. The zero-order chi connectivity index (χ0) is 31.9. The van der Waals surface area contributed by atoms with Crippen molar-refractivity contribution in [3.63, 3.8) is 0 Å². The van der Waals surface area contributed by atoms with Gasteiger partial charge in [-0.2, -0.15) is 5.10 Å². The van der Waals surface area contributed by atoms with Crippen molar-refractivity contribution in [2.45, 2.75) is 102 Å². The number of pyridine rings is 1. The third kappa shape index (κ3) is 6.17. The van der Waals surface area contributed by atoms with Gasteiger partial charge in [0.15, 0.2) is 0 Å². The number of carbonyl (C=O) groups excluding carboxylic acids is 1. The van der Waals surface area contributed by atoms with E-state index in [2.05, 4.69) is 42.5 Å². The summed E-state index contributed by atoms with van der Waals surface area (Å²) in [6, 6.07) is 11.1. The fraction of sp³-hybridized carbons (Fsp3) is 0.595. The van der Waals surface area contributed by atoms with E-state index in [1.165, 1.54) is 11.1 Å². The van der Waals surface area contributed by atoms with Crippen LogP contribution in [-0.4, -0.2) is 61.3 Å². The molecular formula is C37H48N4O4S. The van der Waals surface area contributed by atoms with E-state index in [4.69, 9.17) is 9.72 Å². The van der Waals surface area contributed by atoms with Gasteiger partial charge in [0.2, 0.25) is 5.91 Å². The van der Waals surface area contributed by atoms with Crippen LogP contribution in [0.15, 0.2) is 48.9 Å². The average molecular weight is 645 g/mol. The lowest BCUT2D eigenvalue weighted by molar-refractivity contribution is -0.124. The molecule has 1 amide bonds. The molecule has 1 aromatic carbocycles. The number of hydrogen-bond donors (Lipinski definition) is 1. The molecule has 3 heterocycles. The molecule has 2 aromatic heterocycles. The standard InChI is InChI=1S/C37H48N4O4S/c1-26-21-30(5-8-33(26)45-2)37-15-12-36(13-16-37,14-17-37)25-40(35(43)27-3-6-32(42)7-4-27)34-22-28(9-18-38-34)29-23-39-41(24-29)31-10-19-46(44)20-11-31/h5,8-9,18,21-24,27,31-32,42H,3-4,6-7,10-17,19-20,25H2,1-2H3. The molecule has 2 bridgehead atoms. The van der Waals surface area contributed by atoms with E-state index in [1.807, 2.05) is 28.0 Å². The lowest BCUT2D eigenvalue weighted by Crippen LogP contribution is -2.52. The number of hydrogen-bond acceptors (Lipinski definition) is 6. The van der Waals surface area contributed by atoms with Gasteiger partial charge in [-0.05, 0) is 130 Å². The minimum Gasteiger partial charge on any atom is -0.496 e. The Kier molecular flexibility index (Phi) is 8.83. The predicted octanol–water partition coefficient (Wildman–Crippen LogP) is 6.52. The maximum Gasteiger partial charge on any atom is 0.231 e. The first-order valence-corrected chi connectivity index (χ1v) is 18.8. The summed E-state index contributed by atoms with van der Waals surface area (Å²) in [5.74, 6) is 3.20. The molecule has 0 spiro atoms. The highest BCUT2D eigenvalue weighted by Crippen LogP contribution is 2.58. The van der Waals surface area contributed by atoms with Crippen molar-refractivity contribution in [2.75, 3.05) is 30.1 Å². The zero-order valence-corrected chi connectivity index (χ0v) is 28.1. The number of aliphatic hydroxyl groups is 1. The van der Waals surface area contributed by atoms with Crippen molar-refractivity contribution in [3.05, 3.63) is 60.0 Å². The quantitative estimate of drug-likeness (QED) is 0.300. The number of amides is 1. The summed E-state index contributed by atoms with van der Waals surface area (Å²) in [5, 5.41) is 14.9. The number of aliphatic hydroxyl groups excluding tert-OH is 1. The summed E-state index contributed by atoms with van der Waals surface area (Å²) in [6.07, 6.45) is 16.8. The highest BCUT2D eigenvalue weighted by atomic mass is 32.2. The maximum absolute atomic E-state index is 14.4. The van der Waals surface area contributed by atoms with Crippen LogP contribution in [0.3, 0.4) is 0 Å². The van der Waals surface area contributed by atoms with Crippen LogP contribution in [0.5, 0.6) is 5.75 Å². The number of carbonyl (C=O) groups is 1. The number of fused-ring (bicyclic) bond motifs is 3. The van der Waals surface area contributed by atoms with Gasteiger partial charge in [0.05, 0.1) is 25.5 Å². The van der Waals surface area contributed by atoms with E-state index in [0.717, 1.165) is 98.4 Å². The molecule has 0 unspecified atom stereocenters. The Morgan fingerprint density at radius 2 is 1.72 bits per heavy atom. The van der Waals surface area contributed by atoms with Crippen LogP contribution in [0.1, 0.15) is 94.2 Å². The molecule has 5 fully saturated rings. The van der Waals surface area contributed by atoms with Crippen molar-refractivity contribution in [2.24, 2.45) is 11.3 Å². The van der Waals surface area contributed by atoms with Gasteiger partial charge in [0.25, 0.3) is 0 Å². The lowest BCUT2D eigenvalue weighted by Gasteiger charge is -2.55. The summed E-state index contributed by atoms with van der Waals surface area (Å²) in [6.45, 7) is 2.82. The fourth-order valence-electron chi connectivity index (χ4n) is 8.77. The minimum absolute atomic E-state index is 0.0801. The third-order valence-electron chi connectivity index (χ3n) is 11.9. The van der Waals surface area contributed by atoms with Gasteiger partial charge >= 0.3 is 0 Å². The molecule has 5 aliphatic rings. The van der Waals surface area contributed by atoms with Gasteiger partial charge in [-0.1, -0.05) is 12.1 Å². The summed E-state index contributed by atoms with van der Waals surface area (Å²) in [7, 11) is 1.03. The maximum atomic E-state index is 14.4. The number of methoxy groups -OCH3 is 1. The van der Waals surface area contributed by atoms with Crippen LogP contribution < -0.4 is 9.64 Å². The molecule has 1 saturated heterocycles. The number of nitrogens with zero attached hydrogens (tertiary/aromatic N) is 4. The molecule has 1 N–H and O–H groups in total. The molecule has 3 aromatic rings. The first-order valence-electron chi connectivity index (χ1n) is 17.3. The lowest BCUT2D eigenvalue weighted by atomic mass is 9.51. The van der Waals surface area contributed by atoms with Gasteiger partial charge in [-0.15, -0.1) is 0 Å². The largest absolute Gasteiger partial charge is 0.496 e. The molecule has 1 aliphatic heterocycles. The summed E-state index contributed by atoms with van der Waals surface area (Å²) >= 11 is 0. The van der Waals surface area contributed by atoms with Gasteiger partial charge < -0.3 is 9.84 Å². The van der Waals surface area contributed by atoms with Gasteiger partial charge in [-0.3, -0.25) is 18.6 Å². The molecule has 46 heavy (non-hydrogen) atoms. The van der Waals surface area contributed by atoms with Gasteiger partial charge in [0.1, 0.15) is 11.6 Å². The highest BCUT2D eigenvalue weighted by molar-refractivity contribution is 7.85. The monoisotopic (exact) mass is 644 g/mol. The molecule has 4 aliphatic carbocycles. The minimum atomic E-state index is -0.706. The normalized spacial score (nSPS) is 31.0. The molecule has 246 valence electrons. The van der Waals surface area contributed by atoms with Crippen molar-refractivity contribution in [1.82, 2.24) is 14.8 Å². The second kappa shape index (κ2) is 12.9. The molecule has 0 atom stereocenters. The second-order valence-electron chi connectivity index (χ2n) is 14.6. The number of rotatable bonds is 8. The summed E-state index contributed by atoms with van der Waals surface area (Å²) in [4.78, 5) is 21.2. The predicted molar refractivity (Wildman–Crippen MR) is 181 cm³/mol. The van der Waals surface area contributed by atoms with E-state index in [0.29, 0.717) is 19.4 Å². The van der Waals surface area contributed by atoms with Crippen LogP contribution >= 0.6 is 0 Å². The van der Waals surface area contributed by atoms with Crippen LogP contribution in [0.2, 0.25) is 0 Å². The van der Waals surface area contributed by atoms with E-state index >= 15 is 0 Å². The molecule has 9 heteroatoms. The van der Waals surface area contributed by atoms with Crippen LogP contribution in [0.25, 0.3) is 11.1 Å². The van der Waals surface area contributed by atoms with E-state index < -0.39 is 10.8 Å². The highest BCUT2D eigenvalue weighted by Gasteiger charge is 2.50. The van der Waals surface area contributed by atoms with Crippen LogP contribution in [-0.2, 0) is 21.0 Å². The van der Waals surface area contributed by atoms with Crippen molar-refractivity contribution in [3.8, 4) is 16.9 Å². The van der Waals surface area contributed by atoms with Gasteiger partial charge in [-0.25, -0.2) is 4.98 Å². The fourth-order valence-corrected chi connectivity index (χ4v) is 10.0.